The summed E-state index contributed by atoms with van der Waals surface area (Å²) in [6, 6.07) is 10.9. The molecule has 0 heteroatoms. The molecule has 0 heterocycles. The van der Waals surface area contributed by atoms with Crippen molar-refractivity contribution in [2.45, 2.75) is 48.5 Å². The molecule has 0 radical (unpaired) electrons. The summed E-state index contributed by atoms with van der Waals surface area (Å²) in [5.41, 5.74) is 9.16. The Morgan fingerprint density at radius 3 is 2.02 bits per heavy atom. The van der Waals surface area contributed by atoms with Gasteiger partial charge in [0.05, 0.1) is 0 Å². The summed E-state index contributed by atoms with van der Waals surface area (Å²) in [5.74, 6) is 0.184. The van der Waals surface area contributed by atoms with Crippen LogP contribution in [-0.2, 0) is 0 Å². The second kappa shape index (κ2) is 22.6. The van der Waals surface area contributed by atoms with Crippen LogP contribution >= 0.6 is 0 Å². The van der Waals surface area contributed by atoms with Gasteiger partial charge in [-0.1, -0.05) is 166 Å². The Morgan fingerprint density at radius 2 is 1.43 bits per heavy atom. The number of hydrogen-bond acceptors (Lipinski definition) is 0. The molecule has 238 valence electrons. The minimum atomic E-state index is 0.184. The lowest BCUT2D eigenvalue weighted by Gasteiger charge is -2.17. The van der Waals surface area contributed by atoms with Crippen molar-refractivity contribution in [2.24, 2.45) is 5.92 Å². The van der Waals surface area contributed by atoms with E-state index in [1.807, 2.05) is 51.2 Å². The molecule has 2 aromatic rings. The molecule has 0 aliphatic heterocycles. The molecular formula is C46H54. The van der Waals surface area contributed by atoms with E-state index < -0.39 is 0 Å². The zero-order valence-electron chi connectivity index (χ0n) is 29.3. The maximum atomic E-state index is 4.41. The van der Waals surface area contributed by atoms with Crippen LogP contribution in [0.4, 0.5) is 0 Å². The maximum Gasteiger partial charge on any atom is -0.00385 e. The van der Waals surface area contributed by atoms with Crippen LogP contribution < -0.4 is 0 Å². The summed E-state index contributed by atoms with van der Waals surface area (Å²) in [7, 11) is 0. The third-order valence-electron chi connectivity index (χ3n) is 6.95. The Hall–Kier alpha value is -4.94. The van der Waals surface area contributed by atoms with E-state index in [0.717, 1.165) is 27.8 Å². The molecule has 0 aliphatic carbocycles. The van der Waals surface area contributed by atoms with Gasteiger partial charge in [-0.15, -0.1) is 6.58 Å². The molecule has 1 unspecified atom stereocenters. The van der Waals surface area contributed by atoms with Crippen molar-refractivity contribution < 1.29 is 0 Å². The summed E-state index contributed by atoms with van der Waals surface area (Å²) in [5, 5.41) is 2.37. The topological polar surface area (TPSA) is 0 Å². The standard InChI is InChI=1S/C43H48.C3H6/c1-10-16-18-25-34(8)41(36(15-6)23-13-4)31-33(7)29-30-37(24-14-5)42-32-38(26-19-17-11-2)43(35(9)22-12-3)40-28-21-20-27-39(40)42;1-3-2/h10-33H,1,5,9H2,2-4,6-8H3;3H,1H2,2H3/b17-11-,18-16-,22-12-,23-13-,26-19-,30-29-,34-25+,36-15+,37-24+,41-31-;. The SMILES string of the molecule is C=CC.C=C\C=C/C=C(C)/C(=C/C(C)/C=C\C(=C/C=C)c1cc(/C=C\C=C/C)c(C(=C)/C=C\C)c2ccccc12)C(/C=C\C)=C/C. The molecule has 0 saturated carbocycles. The average Bonchev–Trinajstić information content (AvgIpc) is 3.04. The van der Waals surface area contributed by atoms with Gasteiger partial charge in [0.25, 0.3) is 0 Å². The Balaban J connectivity index is 0.00000338. The highest BCUT2D eigenvalue weighted by Gasteiger charge is 2.14. The average molecular weight is 607 g/mol. The number of rotatable bonds is 14. The third kappa shape index (κ3) is 12.2. The van der Waals surface area contributed by atoms with Gasteiger partial charge in [-0.2, -0.15) is 0 Å². The summed E-state index contributed by atoms with van der Waals surface area (Å²) in [4.78, 5) is 0. The van der Waals surface area contributed by atoms with Crippen LogP contribution in [0.15, 0.2) is 183 Å². The molecular weight excluding hydrogens is 553 g/mol. The van der Waals surface area contributed by atoms with Gasteiger partial charge < -0.3 is 0 Å². The minimum Gasteiger partial charge on any atom is -0.103 e. The van der Waals surface area contributed by atoms with E-state index in [0.29, 0.717) is 0 Å². The van der Waals surface area contributed by atoms with Crippen molar-refractivity contribution in [1.82, 2.24) is 0 Å². The zero-order valence-corrected chi connectivity index (χ0v) is 29.3. The fourth-order valence-electron chi connectivity index (χ4n) is 4.96. The summed E-state index contributed by atoms with van der Waals surface area (Å²) in [6.45, 7) is 30.1. The molecule has 0 amide bonds. The van der Waals surface area contributed by atoms with E-state index in [9.17, 15) is 0 Å². The van der Waals surface area contributed by atoms with Crippen molar-refractivity contribution in [1.29, 1.82) is 0 Å². The van der Waals surface area contributed by atoms with Crippen LogP contribution in [0, 0.1) is 5.92 Å². The van der Waals surface area contributed by atoms with Crippen LogP contribution in [0.25, 0.3) is 28.0 Å². The van der Waals surface area contributed by atoms with Crippen molar-refractivity contribution in [2.75, 3.05) is 0 Å². The Labute approximate surface area is 281 Å². The van der Waals surface area contributed by atoms with E-state index in [1.165, 1.54) is 27.5 Å². The molecule has 0 saturated heterocycles. The zero-order chi connectivity index (χ0) is 34.3. The van der Waals surface area contributed by atoms with E-state index in [4.69, 9.17) is 0 Å². The number of benzene rings is 2. The maximum absolute atomic E-state index is 4.41. The lowest BCUT2D eigenvalue weighted by Crippen LogP contribution is -1.96. The molecule has 1 atom stereocenters. The highest BCUT2D eigenvalue weighted by Crippen LogP contribution is 2.36. The Morgan fingerprint density at radius 1 is 0.761 bits per heavy atom. The van der Waals surface area contributed by atoms with Crippen LogP contribution in [0.5, 0.6) is 0 Å². The highest BCUT2D eigenvalue weighted by molar-refractivity contribution is 6.05. The van der Waals surface area contributed by atoms with E-state index >= 15 is 0 Å². The van der Waals surface area contributed by atoms with Crippen molar-refractivity contribution in [3.63, 3.8) is 0 Å². The summed E-state index contributed by atoms with van der Waals surface area (Å²) < 4.78 is 0. The van der Waals surface area contributed by atoms with Gasteiger partial charge in [-0.05, 0) is 109 Å². The van der Waals surface area contributed by atoms with Crippen molar-refractivity contribution >= 4 is 28.0 Å². The lowest BCUT2D eigenvalue weighted by molar-refractivity contribution is 0.929. The van der Waals surface area contributed by atoms with E-state index in [-0.39, 0.29) is 5.92 Å². The smallest absolute Gasteiger partial charge is 0.00385 e. The van der Waals surface area contributed by atoms with Crippen molar-refractivity contribution in [3.05, 3.63) is 199 Å². The number of fused-ring (bicyclic) bond motifs is 1. The second-order valence-corrected chi connectivity index (χ2v) is 10.6. The monoisotopic (exact) mass is 606 g/mol. The first-order valence-electron chi connectivity index (χ1n) is 16.0. The molecule has 46 heavy (non-hydrogen) atoms. The molecule has 0 nitrogen and oxygen atoms in total. The van der Waals surface area contributed by atoms with Gasteiger partial charge in [0.1, 0.15) is 0 Å². The summed E-state index contributed by atoms with van der Waals surface area (Å²) >= 11 is 0. The lowest BCUT2D eigenvalue weighted by atomic mass is 9.87. The third-order valence-corrected chi connectivity index (χ3v) is 6.95. The first-order valence-corrected chi connectivity index (χ1v) is 16.0. The predicted molar refractivity (Wildman–Crippen MR) is 214 cm³/mol. The number of allylic oxidation sites excluding steroid dienone is 23. The van der Waals surface area contributed by atoms with Gasteiger partial charge in [0, 0.05) is 0 Å². The van der Waals surface area contributed by atoms with Crippen LogP contribution in [0.1, 0.15) is 65.2 Å². The molecule has 0 aromatic heterocycles. The molecule has 0 bridgehead atoms. The predicted octanol–water partition coefficient (Wildman–Crippen LogP) is 14.1. The van der Waals surface area contributed by atoms with Crippen LogP contribution in [-0.4, -0.2) is 0 Å². The largest absolute Gasteiger partial charge is 0.103 e. The molecule has 2 aromatic carbocycles. The minimum absolute atomic E-state index is 0.184. The number of hydrogen-bond donors (Lipinski definition) is 0. The Kier molecular flexibility index (Phi) is 19.2. The van der Waals surface area contributed by atoms with Crippen molar-refractivity contribution in [3.8, 4) is 0 Å². The van der Waals surface area contributed by atoms with Gasteiger partial charge in [-0.25, -0.2) is 0 Å². The van der Waals surface area contributed by atoms with Crippen LogP contribution in [0.2, 0.25) is 0 Å². The molecule has 0 spiro atoms. The van der Waals surface area contributed by atoms with Gasteiger partial charge in [0.2, 0.25) is 0 Å². The normalized spacial score (nSPS) is 14.2. The van der Waals surface area contributed by atoms with Gasteiger partial charge in [0.15, 0.2) is 0 Å². The molecule has 2 rings (SSSR count). The Bertz CT molecular complexity index is 1640. The first kappa shape index (κ1) is 39.1. The van der Waals surface area contributed by atoms with Gasteiger partial charge in [-0.3, -0.25) is 0 Å². The molecule has 0 aliphatic rings. The highest BCUT2D eigenvalue weighted by atomic mass is 14.2. The van der Waals surface area contributed by atoms with Gasteiger partial charge >= 0.3 is 0 Å². The molecule has 0 N–H and O–H groups in total. The van der Waals surface area contributed by atoms with Crippen LogP contribution in [0.3, 0.4) is 0 Å². The first-order chi connectivity index (χ1) is 22.3. The van der Waals surface area contributed by atoms with E-state index in [2.05, 4.69) is 157 Å². The summed E-state index contributed by atoms with van der Waals surface area (Å²) in [6.07, 6.45) is 39.3. The second-order valence-electron chi connectivity index (χ2n) is 10.6. The fourth-order valence-corrected chi connectivity index (χ4v) is 4.96. The molecule has 0 fully saturated rings. The fraction of sp³-hybridized carbons (Fsp3) is 0.174. The van der Waals surface area contributed by atoms with E-state index in [1.54, 1.807) is 12.2 Å². The quantitative estimate of drug-likeness (QED) is 0.148.